The zero-order chi connectivity index (χ0) is 21.3. The zero-order valence-corrected chi connectivity index (χ0v) is 17.4. The van der Waals surface area contributed by atoms with Gasteiger partial charge in [-0.1, -0.05) is 42.5 Å². The number of methoxy groups -OCH3 is 3. The van der Waals surface area contributed by atoms with E-state index in [0.29, 0.717) is 28.5 Å². The fourth-order valence-corrected chi connectivity index (χ4v) is 3.85. The van der Waals surface area contributed by atoms with Crippen LogP contribution in [0.25, 0.3) is 21.7 Å². The number of nitrogens with one attached hydrogen (secondary N) is 2. The van der Waals surface area contributed by atoms with Crippen molar-refractivity contribution in [2.45, 2.75) is 13.0 Å². The Morgan fingerprint density at radius 1 is 0.900 bits per heavy atom. The summed E-state index contributed by atoms with van der Waals surface area (Å²) in [5, 5.41) is 6.15. The maximum atomic E-state index is 13.0. The standard InChI is InChI=1S/C24H24N2O4/c1-14(17-11-7-9-15-8-5-6-10-18(15)17)25-24(27)19-12-16-13-20(28-2)22(29-3)23(30-4)21(16)26-19/h5-14,26H,1-4H3,(H,25,27)/t14-/m1/s1. The van der Waals surface area contributed by atoms with Crippen LogP contribution in [0.4, 0.5) is 0 Å². The van der Waals surface area contributed by atoms with E-state index in [0.717, 1.165) is 21.7 Å². The van der Waals surface area contributed by atoms with Gasteiger partial charge in [-0.3, -0.25) is 4.79 Å². The van der Waals surface area contributed by atoms with E-state index in [2.05, 4.69) is 28.5 Å². The van der Waals surface area contributed by atoms with Gasteiger partial charge in [-0.05, 0) is 35.4 Å². The molecule has 0 spiro atoms. The minimum absolute atomic E-state index is 0.166. The molecule has 0 unspecified atom stereocenters. The molecular formula is C24H24N2O4. The average molecular weight is 404 g/mol. The Morgan fingerprint density at radius 2 is 1.63 bits per heavy atom. The van der Waals surface area contributed by atoms with Gasteiger partial charge in [-0.2, -0.15) is 0 Å². The molecule has 0 bridgehead atoms. The predicted molar refractivity (Wildman–Crippen MR) is 118 cm³/mol. The second kappa shape index (κ2) is 7.99. The third-order valence-corrected chi connectivity index (χ3v) is 5.30. The van der Waals surface area contributed by atoms with Crippen LogP contribution in [0.3, 0.4) is 0 Å². The van der Waals surface area contributed by atoms with Crippen molar-refractivity contribution in [3.05, 3.63) is 65.9 Å². The largest absolute Gasteiger partial charge is 0.493 e. The van der Waals surface area contributed by atoms with E-state index in [4.69, 9.17) is 14.2 Å². The minimum atomic E-state index is -0.202. The van der Waals surface area contributed by atoms with Crippen LogP contribution >= 0.6 is 0 Å². The first-order valence-corrected chi connectivity index (χ1v) is 9.67. The van der Waals surface area contributed by atoms with Gasteiger partial charge in [0.1, 0.15) is 5.69 Å². The van der Waals surface area contributed by atoms with Gasteiger partial charge in [0.05, 0.1) is 32.9 Å². The molecular weight excluding hydrogens is 380 g/mol. The summed E-state index contributed by atoms with van der Waals surface area (Å²) < 4.78 is 16.3. The highest BCUT2D eigenvalue weighted by atomic mass is 16.5. The van der Waals surface area contributed by atoms with E-state index in [-0.39, 0.29) is 11.9 Å². The highest BCUT2D eigenvalue weighted by Gasteiger charge is 2.21. The maximum Gasteiger partial charge on any atom is 0.268 e. The molecule has 0 fully saturated rings. The maximum absolute atomic E-state index is 13.0. The highest BCUT2D eigenvalue weighted by Crippen LogP contribution is 2.43. The Morgan fingerprint density at radius 3 is 2.37 bits per heavy atom. The van der Waals surface area contributed by atoms with Crippen LogP contribution in [0.5, 0.6) is 17.2 Å². The Labute approximate surface area is 174 Å². The summed E-state index contributed by atoms with van der Waals surface area (Å²) in [5.74, 6) is 1.31. The SMILES string of the molecule is COc1cc2cc(C(=O)N[C@H](C)c3cccc4ccccc34)[nH]c2c(OC)c1OC. The van der Waals surface area contributed by atoms with Crippen molar-refractivity contribution in [3.8, 4) is 17.2 Å². The van der Waals surface area contributed by atoms with Crippen LogP contribution in [-0.4, -0.2) is 32.2 Å². The Hall–Kier alpha value is -3.67. The molecule has 0 aliphatic carbocycles. The number of ether oxygens (including phenoxy) is 3. The number of hydrogen-bond acceptors (Lipinski definition) is 4. The smallest absolute Gasteiger partial charge is 0.268 e. The lowest BCUT2D eigenvalue weighted by Crippen LogP contribution is -2.27. The Balaban J connectivity index is 1.68. The molecule has 1 amide bonds. The normalized spacial score (nSPS) is 12.0. The van der Waals surface area contributed by atoms with Crippen molar-refractivity contribution in [2.75, 3.05) is 21.3 Å². The van der Waals surface area contributed by atoms with E-state index in [1.807, 2.05) is 37.3 Å². The van der Waals surface area contributed by atoms with E-state index in [1.54, 1.807) is 27.4 Å². The summed E-state index contributed by atoms with van der Waals surface area (Å²) in [5.41, 5.74) is 2.18. The van der Waals surface area contributed by atoms with Gasteiger partial charge in [0.2, 0.25) is 5.75 Å². The van der Waals surface area contributed by atoms with Crippen molar-refractivity contribution >= 4 is 27.6 Å². The van der Waals surface area contributed by atoms with E-state index in [9.17, 15) is 4.79 Å². The van der Waals surface area contributed by atoms with Crippen LogP contribution in [0.2, 0.25) is 0 Å². The van der Waals surface area contributed by atoms with Crippen LogP contribution in [0.15, 0.2) is 54.6 Å². The van der Waals surface area contributed by atoms with Crippen LogP contribution < -0.4 is 19.5 Å². The van der Waals surface area contributed by atoms with Crippen molar-refractivity contribution in [1.82, 2.24) is 10.3 Å². The molecule has 154 valence electrons. The van der Waals surface area contributed by atoms with Gasteiger partial charge in [0.15, 0.2) is 11.5 Å². The second-order valence-electron chi connectivity index (χ2n) is 7.06. The molecule has 30 heavy (non-hydrogen) atoms. The molecule has 4 aromatic rings. The first kappa shape index (κ1) is 19.6. The Bertz CT molecular complexity index is 1220. The number of carbonyl (C=O) groups is 1. The molecule has 0 radical (unpaired) electrons. The molecule has 1 heterocycles. The third-order valence-electron chi connectivity index (χ3n) is 5.30. The number of rotatable bonds is 6. The van der Waals surface area contributed by atoms with Gasteiger partial charge in [0, 0.05) is 5.39 Å². The summed E-state index contributed by atoms with van der Waals surface area (Å²) >= 11 is 0. The molecule has 0 aliphatic rings. The number of carbonyl (C=O) groups excluding carboxylic acids is 1. The van der Waals surface area contributed by atoms with Crippen molar-refractivity contribution in [1.29, 1.82) is 0 Å². The number of benzene rings is 3. The van der Waals surface area contributed by atoms with Crippen molar-refractivity contribution < 1.29 is 19.0 Å². The van der Waals surface area contributed by atoms with E-state index in [1.165, 1.54) is 0 Å². The molecule has 0 aliphatic heterocycles. The molecule has 2 N–H and O–H groups in total. The summed E-state index contributed by atoms with van der Waals surface area (Å²) in [4.78, 5) is 16.2. The van der Waals surface area contributed by atoms with Crippen molar-refractivity contribution in [3.63, 3.8) is 0 Å². The number of aromatic nitrogens is 1. The van der Waals surface area contributed by atoms with Crippen LogP contribution in [0, 0.1) is 0 Å². The van der Waals surface area contributed by atoms with Gasteiger partial charge >= 0.3 is 0 Å². The molecule has 1 atom stereocenters. The number of H-pyrrole nitrogens is 1. The van der Waals surface area contributed by atoms with Gasteiger partial charge in [-0.25, -0.2) is 0 Å². The average Bonchev–Trinajstić information content (AvgIpc) is 3.21. The summed E-state index contributed by atoms with van der Waals surface area (Å²) in [6.07, 6.45) is 0. The molecule has 6 heteroatoms. The lowest BCUT2D eigenvalue weighted by atomic mass is 9.99. The topological polar surface area (TPSA) is 72.6 Å². The number of amides is 1. The van der Waals surface area contributed by atoms with Crippen LogP contribution in [0.1, 0.15) is 29.0 Å². The molecule has 6 nitrogen and oxygen atoms in total. The molecule has 0 saturated heterocycles. The van der Waals surface area contributed by atoms with Gasteiger partial charge < -0.3 is 24.5 Å². The predicted octanol–water partition coefficient (Wildman–Crippen LogP) is 4.84. The van der Waals surface area contributed by atoms with Gasteiger partial charge in [0.25, 0.3) is 5.91 Å². The van der Waals surface area contributed by atoms with Crippen LogP contribution in [-0.2, 0) is 0 Å². The molecule has 1 aromatic heterocycles. The van der Waals surface area contributed by atoms with Gasteiger partial charge in [-0.15, -0.1) is 0 Å². The lowest BCUT2D eigenvalue weighted by Gasteiger charge is -2.16. The summed E-state index contributed by atoms with van der Waals surface area (Å²) in [7, 11) is 4.67. The van der Waals surface area contributed by atoms with Crippen molar-refractivity contribution in [2.24, 2.45) is 0 Å². The monoisotopic (exact) mass is 404 g/mol. The van der Waals surface area contributed by atoms with E-state index >= 15 is 0 Å². The minimum Gasteiger partial charge on any atom is -0.493 e. The summed E-state index contributed by atoms with van der Waals surface area (Å²) in [6.45, 7) is 1.98. The lowest BCUT2D eigenvalue weighted by molar-refractivity contribution is 0.0936. The third kappa shape index (κ3) is 3.30. The fourth-order valence-electron chi connectivity index (χ4n) is 3.85. The number of hydrogen-bond donors (Lipinski definition) is 2. The zero-order valence-electron chi connectivity index (χ0n) is 17.4. The second-order valence-corrected chi connectivity index (χ2v) is 7.06. The van der Waals surface area contributed by atoms with E-state index < -0.39 is 0 Å². The Kier molecular flexibility index (Phi) is 5.23. The molecule has 0 saturated carbocycles. The molecule has 3 aromatic carbocycles. The first-order chi connectivity index (χ1) is 14.6. The molecule has 4 rings (SSSR count). The first-order valence-electron chi connectivity index (χ1n) is 9.67. The number of fused-ring (bicyclic) bond motifs is 2. The number of aromatic amines is 1. The fraction of sp³-hybridized carbons (Fsp3) is 0.208. The quantitative estimate of drug-likeness (QED) is 0.482. The highest BCUT2D eigenvalue weighted by molar-refractivity contribution is 6.01. The summed E-state index contributed by atoms with van der Waals surface area (Å²) in [6, 6.07) is 17.7.